The summed E-state index contributed by atoms with van der Waals surface area (Å²) in [6.07, 6.45) is -1.29. The molecule has 6 rings (SSSR count). The highest BCUT2D eigenvalue weighted by Gasteiger charge is 2.46. The van der Waals surface area contributed by atoms with Gasteiger partial charge < -0.3 is 23.5 Å². The molecule has 0 radical (unpaired) electrons. The number of hydrogen-bond acceptors (Lipinski definition) is 10. The molecule has 5 aromatic rings. The molecule has 272 valence electrons. The molecule has 52 heavy (non-hydrogen) atoms. The summed E-state index contributed by atoms with van der Waals surface area (Å²) >= 11 is 0. The van der Waals surface area contributed by atoms with Crippen molar-refractivity contribution in [1.29, 1.82) is 0 Å². The summed E-state index contributed by atoms with van der Waals surface area (Å²) in [5.74, 6) is 1.63. The van der Waals surface area contributed by atoms with E-state index in [9.17, 15) is 14.2 Å². The number of hydrogen-bond donors (Lipinski definition) is 1. The molecule has 13 heteroatoms. The van der Waals surface area contributed by atoms with Crippen LogP contribution >= 0.6 is 7.82 Å². The van der Waals surface area contributed by atoms with Crippen molar-refractivity contribution in [3.8, 4) is 17.2 Å². The fourth-order valence-electron chi connectivity index (χ4n) is 6.23. The van der Waals surface area contributed by atoms with Gasteiger partial charge in [0.05, 0.1) is 27.4 Å². The van der Waals surface area contributed by atoms with Crippen molar-refractivity contribution in [2.75, 3.05) is 27.4 Å². The minimum absolute atomic E-state index is 0.0346. The van der Waals surface area contributed by atoms with E-state index in [1.54, 1.807) is 58.4 Å². The number of phosphoric acid groups is 1. The van der Waals surface area contributed by atoms with Gasteiger partial charge in [0.15, 0.2) is 0 Å². The third kappa shape index (κ3) is 7.91. The number of nitrogens with one attached hydrogen (secondary N) is 1. The molecule has 1 aromatic heterocycles. The zero-order chi connectivity index (χ0) is 36.7. The molecule has 12 nitrogen and oxygen atoms in total. The Morgan fingerprint density at radius 1 is 0.808 bits per heavy atom. The van der Waals surface area contributed by atoms with E-state index in [1.807, 2.05) is 78.9 Å². The lowest BCUT2D eigenvalue weighted by atomic mass is 9.80. The highest BCUT2D eigenvalue weighted by molar-refractivity contribution is 7.49. The molecule has 1 fully saturated rings. The Balaban J connectivity index is 1.43. The molecule has 2 heterocycles. The molecular weight excluding hydrogens is 687 g/mol. The van der Waals surface area contributed by atoms with Crippen molar-refractivity contribution in [1.82, 2.24) is 9.55 Å². The number of benzene rings is 4. The van der Waals surface area contributed by atoms with E-state index in [0.29, 0.717) is 17.1 Å². The van der Waals surface area contributed by atoms with Gasteiger partial charge in [0.25, 0.3) is 5.56 Å². The zero-order valence-electron chi connectivity index (χ0n) is 29.3. The van der Waals surface area contributed by atoms with E-state index in [0.717, 1.165) is 16.7 Å². The van der Waals surface area contributed by atoms with Crippen molar-refractivity contribution < 1.29 is 37.1 Å². The average Bonchev–Trinajstić information content (AvgIpc) is 3.56. The predicted molar refractivity (Wildman–Crippen MR) is 194 cm³/mol. The molecule has 0 bridgehead atoms. The van der Waals surface area contributed by atoms with Gasteiger partial charge >= 0.3 is 13.5 Å². The first-order chi connectivity index (χ1) is 25.2. The molecule has 1 aliphatic heterocycles. The van der Waals surface area contributed by atoms with Gasteiger partial charge in [-0.25, -0.2) is 9.36 Å². The lowest BCUT2D eigenvalue weighted by molar-refractivity contribution is -0.0937. The SMILES string of the molecule is CCOP(=O)(Oc1ccccc1)O[C@H]1C[C@H](n2cc(C)c(=O)[nH]c2=O)O[C@@H]1COC(c1ccccc1)(c1ccc(OC)cc1)c1ccc(OC)cc1. The monoisotopic (exact) mass is 728 g/mol. The predicted octanol–water partition coefficient (Wildman–Crippen LogP) is 6.77. The van der Waals surface area contributed by atoms with Gasteiger partial charge in [0.2, 0.25) is 0 Å². The smallest absolute Gasteiger partial charge is 0.497 e. The van der Waals surface area contributed by atoms with E-state index in [-0.39, 0.29) is 25.4 Å². The second-order valence-corrected chi connectivity index (χ2v) is 13.6. The number of H-pyrrole nitrogens is 1. The lowest BCUT2D eigenvalue weighted by Crippen LogP contribution is -2.38. The lowest BCUT2D eigenvalue weighted by Gasteiger charge is -2.37. The number of methoxy groups -OCH3 is 2. The van der Waals surface area contributed by atoms with Crippen LogP contribution < -0.4 is 25.2 Å². The maximum atomic E-state index is 14.2. The first kappa shape index (κ1) is 36.8. The molecule has 0 amide bonds. The minimum Gasteiger partial charge on any atom is -0.497 e. The van der Waals surface area contributed by atoms with E-state index in [2.05, 4.69) is 4.98 Å². The normalized spacial score (nSPS) is 18.4. The van der Waals surface area contributed by atoms with Crippen LogP contribution in [0.25, 0.3) is 0 Å². The number of rotatable bonds is 15. The number of nitrogens with zero attached hydrogens (tertiary/aromatic N) is 1. The van der Waals surface area contributed by atoms with E-state index >= 15 is 0 Å². The summed E-state index contributed by atoms with van der Waals surface area (Å²) in [6, 6.07) is 33.5. The molecule has 1 unspecified atom stereocenters. The Morgan fingerprint density at radius 2 is 1.37 bits per heavy atom. The number of ether oxygens (including phenoxy) is 4. The summed E-state index contributed by atoms with van der Waals surface area (Å²) in [6.45, 7) is 3.20. The van der Waals surface area contributed by atoms with Crippen molar-refractivity contribution in [2.24, 2.45) is 0 Å². The van der Waals surface area contributed by atoms with Gasteiger partial charge in [-0.1, -0.05) is 72.8 Å². The summed E-state index contributed by atoms with van der Waals surface area (Å²) in [4.78, 5) is 27.6. The molecule has 0 saturated carbocycles. The Labute approximate surface area is 301 Å². The second kappa shape index (κ2) is 16.1. The minimum atomic E-state index is -4.24. The van der Waals surface area contributed by atoms with Crippen LogP contribution in [0.5, 0.6) is 17.2 Å². The molecule has 4 atom stereocenters. The summed E-state index contributed by atoms with van der Waals surface area (Å²) in [5, 5.41) is 0. The molecule has 4 aromatic carbocycles. The second-order valence-electron chi connectivity index (χ2n) is 12.1. The van der Waals surface area contributed by atoms with Crippen LogP contribution in [0.1, 0.15) is 41.8 Å². The van der Waals surface area contributed by atoms with Gasteiger partial charge in [0.1, 0.15) is 41.3 Å². The maximum absolute atomic E-state index is 14.2. The average molecular weight is 729 g/mol. The maximum Gasteiger partial charge on any atom is 0.530 e. The molecule has 0 aliphatic carbocycles. The van der Waals surface area contributed by atoms with Gasteiger partial charge in [-0.3, -0.25) is 23.4 Å². The van der Waals surface area contributed by atoms with Crippen LogP contribution in [0.4, 0.5) is 0 Å². The third-order valence-corrected chi connectivity index (χ3v) is 10.3. The van der Waals surface area contributed by atoms with E-state index in [1.165, 1.54) is 10.8 Å². The quantitative estimate of drug-likeness (QED) is 0.0909. The molecule has 1 aliphatic rings. The fourth-order valence-corrected chi connectivity index (χ4v) is 7.63. The highest BCUT2D eigenvalue weighted by atomic mass is 31.2. The van der Waals surface area contributed by atoms with Crippen LogP contribution in [0.3, 0.4) is 0 Å². The van der Waals surface area contributed by atoms with Gasteiger partial charge in [-0.2, -0.15) is 0 Å². The number of phosphoric ester groups is 1. The van der Waals surface area contributed by atoms with Crippen molar-refractivity contribution in [3.05, 3.63) is 158 Å². The first-order valence-electron chi connectivity index (χ1n) is 16.8. The van der Waals surface area contributed by atoms with Crippen molar-refractivity contribution in [3.63, 3.8) is 0 Å². The highest BCUT2D eigenvalue weighted by Crippen LogP contribution is 2.53. The Hall–Kier alpha value is -4.97. The number of aryl methyl sites for hydroxylation is 1. The topological polar surface area (TPSA) is 137 Å². The van der Waals surface area contributed by atoms with E-state index in [4.69, 9.17) is 32.5 Å². The summed E-state index contributed by atoms with van der Waals surface area (Å²) < 4.78 is 57.7. The van der Waals surface area contributed by atoms with Gasteiger partial charge in [0, 0.05) is 18.2 Å². The Kier molecular flexibility index (Phi) is 11.4. The van der Waals surface area contributed by atoms with Crippen LogP contribution in [0.15, 0.2) is 125 Å². The summed E-state index contributed by atoms with van der Waals surface area (Å²) in [5.41, 5.74) is 0.335. The van der Waals surface area contributed by atoms with Gasteiger partial charge in [-0.15, -0.1) is 0 Å². The molecule has 1 saturated heterocycles. The van der Waals surface area contributed by atoms with Crippen molar-refractivity contribution in [2.45, 2.75) is 44.3 Å². The number of aromatic amines is 1. The van der Waals surface area contributed by atoms with E-state index < -0.39 is 43.1 Å². The number of para-hydroxylation sites is 1. The van der Waals surface area contributed by atoms with Gasteiger partial charge in [-0.05, 0) is 66.9 Å². The van der Waals surface area contributed by atoms with Crippen LogP contribution in [0.2, 0.25) is 0 Å². The van der Waals surface area contributed by atoms with Crippen LogP contribution in [-0.4, -0.2) is 49.2 Å². The molecule has 0 spiro atoms. The fraction of sp³-hybridized carbons (Fsp3) is 0.282. The van der Waals surface area contributed by atoms with Crippen molar-refractivity contribution >= 4 is 7.82 Å². The Bertz CT molecular complexity index is 2040. The Morgan fingerprint density at radius 3 is 1.92 bits per heavy atom. The standard InChI is InChI=1S/C39H41N2O10P/c1-5-48-52(44,50-33-14-10-7-11-15-33)51-34-24-36(41-25-27(2)37(42)40-38(41)43)49-35(34)26-47-39(28-12-8-6-9-13-28,29-16-20-31(45-3)21-17-29)30-18-22-32(46-4)23-19-30/h6-23,25,34-36H,5,24,26H2,1-4H3,(H,40,42,43)/t34-,35+,36+,52?/m0/s1. The van der Waals surface area contributed by atoms with Crippen LogP contribution in [0, 0.1) is 6.92 Å². The summed E-state index contributed by atoms with van der Waals surface area (Å²) in [7, 11) is -1.04. The number of aromatic nitrogens is 2. The molecular formula is C39H41N2O10P. The first-order valence-corrected chi connectivity index (χ1v) is 18.3. The third-order valence-electron chi connectivity index (χ3n) is 8.79. The largest absolute Gasteiger partial charge is 0.530 e. The van der Waals surface area contributed by atoms with Crippen LogP contribution in [-0.2, 0) is 28.7 Å². The zero-order valence-corrected chi connectivity index (χ0v) is 30.2. The molecule has 1 N–H and O–H groups in total.